The lowest BCUT2D eigenvalue weighted by molar-refractivity contribution is 0.0601. The summed E-state index contributed by atoms with van der Waals surface area (Å²) < 4.78 is 5.38. The van der Waals surface area contributed by atoms with Crippen molar-refractivity contribution in [2.45, 2.75) is 45.6 Å². The summed E-state index contributed by atoms with van der Waals surface area (Å²) >= 11 is 0. The van der Waals surface area contributed by atoms with E-state index in [1.165, 1.54) is 6.42 Å². The Morgan fingerprint density at radius 3 is 2.78 bits per heavy atom. The van der Waals surface area contributed by atoms with E-state index in [1.54, 1.807) is 0 Å². The standard InChI is InChI=1S/C17H26N4O2/c1-3-14-6-4-5-7-21(14)16(22)15-12-13(2)18-17(19-15)20-8-10-23-11-9-20/h12,14H,3-11H2,1-2H3. The fourth-order valence-electron chi connectivity index (χ4n) is 3.41. The zero-order valence-corrected chi connectivity index (χ0v) is 14.1. The van der Waals surface area contributed by atoms with Gasteiger partial charge in [-0.2, -0.15) is 0 Å². The summed E-state index contributed by atoms with van der Waals surface area (Å²) in [5.41, 5.74) is 1.37. The molecule has 0 saturated carbocycles. The zero-order valence-electron chi connectivity index (χ0n) is 14.1. The van der Waals surface area contributed by atoms with Gasteiger partial charge in [0, 0.05) is 31.4 Å². The van der Waals surface area contributed by atoms with Crippen molar-refractivity contribution in [3.05, 3.63) is 17.5 Å². The lowest BCUT2D eigenvalue weighted by atomic mass is 9.99. The summed E-state index contributed by atoms with van der Waals surface area (Å²) in [4.78, 5) is 26.1. The Bertz CT molecular complexity index is 558. The van der Waals surface area contributed by atoms with Gasteiger partial charge in [0.25, 0.3) is 5.91 Å². The maximum absolute atomic E-state index is 12.9. The number of hydrogen-bond acceptors (Lipinski definition) is 5. The maximum Gasteiger partial charge on any atom is 0.272 e. The number of nitrogens with zero attached hydrogens (tertiary/aromatic N) is 4. The SMILES string of the molecule is CCC1CCCCN1C(=O)c1cc(C)nc(N2CCOCC2)n1. The van der Waals surface area contributed by atoms with Crippen molar-refractivity contribution in [1.82, 2.24) is 14.9 Å². The molecule has 3 rings (SSSR count). The summed E-state index contributed by atoms with van der Waals surface area (Å²) in [7, 11) is 0. The highest BCUT2D eigenvalue weighted by atomic mass is 16.5. The summed E-state index contributed by atoms with van der Waals surface area (Å²) in [6.07, 6.45) is 4.40. The van der Waals surface area contributed by atoms with E-state index in [9.17, 15) is 4.79 Å². The Morgan fingerprint density at radius 2 is 2.04 bits per heavy atom. The molecule has 3 heterocycles. The third kappa shape index (κ3) is 3.63. The highest BCUT2D eigenvalue weighted by molar-refractivity contribution is 5.93. The molecule has 2 aliphatic heterocycles. The summed E-state index contributed by atoms with van der Waals surface area (Å²) in [6.45, 7) is 7.84. The van der Waals surface area contributed by atoms with E-state index in [4.69, 9.17) is 4.74 Å². The molecule has 0 spiro atoms. The van der Waals surface area contributed by atoms with Crippen LogP contribution in [0.2, 0.25) is 0 Å². The molecule has 23 heavy (non-hydrogen) atoms. The van der Waals surface area contributed by atoms with Crippen molar-refractivity contribution in [3.63, 3.8) is 0 Å². The molecule has 2 saturated heterocycles. The van der Waals surface area contributed by atoms with Gasteiger partial charge in [-0.1, -0.05) is 6.92 Å². The van der Waals surface area contributed by atoms with E-state index < -0.39 is 0 Å². The lowest BCUT2D eigenvalue weighted by Crippen LogP contribution is -2.44. The Labute approximate surface area is 137 Å². The number of aromatic nitrogens is 2. The van der Waals surface area contributed by atoms with E-state index in [1.807, 2.05) is 17.9 Å². The predicted octanol–water partition coefficient (Wildman–Crippen LogP) is 2.03. The summed E-state index contributed by atoms with van der Waals surface area (Å²) in [5.74, 6) is 0.707. The minimum atomic E-state index is 0.0524. The number of hydrogen-bond donors (Lipinski definition) is 0. The van der Waals surface area contributed by atoms with Crippen LogP contribution in [-0.4, -0.2) is 59.7 Å². The summed E-state index contributed by atoms with van der Waals surface area (Å²) in [6, 6.07) is 2.16. The largest absolute Gasteiger partial charge is 0.378 e. The van der Waals surface area contributed by atoms with Crippen LogP contribution in [0.4, 0.5) is 5.95 Å². The van der Waals surface area contributed by atoms with Gasteiger partial charge in [0.15, 0.2) is 0 Å². The third-order valence-corrected chi connectivity index (χ3v) is 4.71. The number of aryl methyl sites for hydroxylation is 1. The smallest absolute Gasteiger partial charge is 0.272 e. The predicted molar refractivity (Wildman–Crippen MR) is 88.8 cm³/mol. The Morgan fingerprint density at radius 1 is 1.26 bits per heavy atom. The zero-order chi connectivity index (χ0) is 16.2. The minimum absolute atomic E-state index is 0.0524. The molecule has 1 aromatic rings. The van der Waals surface area contributed by atoms with Crippen molar-refractivity contribution in [1.29, 1.82) is 0 Å². The molecule has 0 N–H and O–H groups in total. The fourth-order valence-corrected chi connectivity index (χ4v) is 3.41. The molecule has 0 aliphatic carbocycles. The van der Waals surface area contributed by atoms with Crippen LogP contribution in [0.15, 0.2) is 6.07 Å². The van der Waals surface area contributed by atoms with Gasteiger partial charge in [0.2, 0.25) is 5.95 Å². The number of morpholine rings is 1. The van der Waals surface area contributed by atoms with E-state index in [2.05, 4.69) is 21.8 Å². The molecule has 1 atom stereocenters. The Hall–Kier alpha value is -1.69. The van der Waals surface area contributed by atoms with Crippen LogP contribution >= 0.6 is 0 Å². The van der Waals surface area contributed by atoms with E-state index >= 15 is 0 Å². The minimum Gasteiger partial charge on any atom is -0.378 e. The van der Waals surface area contributed by atoms with E-state index in [0.29, 0.717) is 30.9 Å². The number of ether oxygens (including phenoxy) is 1. The van der Waals surface area contributed by atoms with Crippen LogP contribution in [0.1, 0.15) is 48.8 Å². The van der Waals surface area contributed by atoms with Crippen LogP contribution in [0.25, 0.3) is 0 Å². The van der Waals surface area contributed by atoms with E-state index in [0.717, 1.165) is 44.6 Å². The van der Waals surface area contributed by atoms with Crippen LogP contribution in [-0.2, 0) is 4.74 Å². The van der Waals surface area contributed by atoms with Gasteiger partial charge < -0.3 is 14.5 Å². The molecule has 2 fully saturated rings. The first-order valence-corrected chi connectivity index (χ1v) is 8.68. The maximum atomic E-state index is 12.9. The Balaban J connectivity index is 1.83. The molecular weight excluding hydrogens is 292 g/mol. The first kappa shape index (κ1) is 16.2. The highest BCUT2D eigenvalue weighted by Crippen LogP contribution is 2.22. The topological polar surface area (TPSA) is 58.6 Å². The van der Waals surface area contributed by atoms with Crippen molar-refractivity contribution in [2.75, 3.05) is 37.7 Å². The second-order valence-electron chi connectivity index (χ2n) is 6.35. The number of amides is 1. The average Bonchev–Trinajstić information content (AvgIpc) is 2.61. The normalized spacial score (nSPS) is 22.3. The first-order chi connectivity index (χ1) is 11.2. The van der Waals surface area contributed by atoms with Crippen molar-refractivity contribution in [3.8, 4) is 0 Å². The van der Waals surface area contributed by atoms with Crippen molar-refractivity contribution in [2.24, 2.45) is 0 Å². The molecule has 6 nitrogen and oxygen atoms in total. The monoisotopic (exact) mass is 318 g/mol. The Kier molecular flexibility index (Phi) is 5.10. The molecule has 6 heteroatoms. The van der Waals surface area contributed by atoms with Gasteiger partial charge in [-0.3, -0.25) is 4.79 Å². The van der Waals surface area contributed by atoms with Gasteiger partial charge in [-0.25, -0.2) is 9.97 Å². The van der Waals surface area contributed by atoms with Gasteiger partial charge >= 0.3 is 0 Å². The molecule has 1 aromatic heterocycles. The van der Waals surface area contributed by atoms with Crippen LogP contribution in [0, 0.1) is 6.92 Å². The number of carbonyl (C=O) groups excluding carboxylic acids is 1. The fraction of sp³-hybridized carbons (Fsp3) is 0.706. The van der Waals surface area contributed by atoms with Crippen molar-refractivity contribution < 1.29 is 9.53 Å². The summed E-state index contributed by atoms with van der Waals surface area (Å²) in [5, 5.41) is 0. The molecular formula is C17H26N4O2. The molecule has 0 radical (unpaired) electrons. The van der Waals surface area contributed by atoms with Crippen LogP contribution < -0.4 is 4.90 Å². The third-order valence-electron chi connectivity index (χ3n) is 4.71. The molecule has 1 amide bonds. The van der Waals surface area contributed by atoms with Gasteiger partial charge in [0.1, 0.15) is 5.69 Å². The molecule has 1 unspecified atom stereocenters. The number of rotatable bonds is 3. The number of anilines is 1. The van der Waals surface area contributed by atoms with Gasteiger partial charge in [-0.15, -0.1) is 0 Å². The van der Waals surface area contributed by atoms with Crippen LogP contribution in [0.3, 0.4) is 0 Å². The second-order valence-corrected chi connectivity index (χ2v) is 6.35. The molecule has 126 valence electrons. The van der Waals surface area contributed by atoms with Crippen molar-refractivity contribution >= 4 is 11.9 Å². The van der Waals surface area contributed by atoms with E-state index in [-0.39, 0.29) is 5.91 Å². The number of carbonyl (C=O) groups is 1. The number of likely N-dealkylation sites (tertiary alicyclic amines) is 1. The average molecular weight is 318 g/mol. The lowest BCUT2D eigenvalue weighted by Gasteiger charge is -2.35. The quantitative estimate of drug-likeness (QED) is 0.853. The first-order valence-electron chi connectivity index (χ1n) is 8.68. The van der Waals surface area contributed by atoms with Gasteiger partial charge in [0.05, 0.1) is 13.2 Å². The molecule has 0 aromatic carbocycles. The second kappa shape index (κ2) is 7.25. The highest BCUT2D eigenvalue weighted by Gasteiger charge is 2.28. The molecule has 2 aliphatic rings. The van der Waals surface area contributed by atoms with Crippen LogP contribution in [0.5, 0.6) is 0 Å². The number of piperidine rings is 1. The molecule has 0 bridgehead atoms. The van der Waals surface area contributed by atoms with Gasteiger partial charge in [-0.05, 0) is 38.7 Å².